The highest BCUT2D eigenvalue weighted by Gasteiger charge is 2.13. The molecule has 4 aromatic rings. The van der Waals surface area contributed by atoms with Gasteiger partial charge >= 0.3 is 0 Å². The van der Waals surface area contributed by atoms with Crippen LogP contribution in [0.25, 0.3) is 22.3 Å². The van der Waals surface area contributed by atoms with E-state index in [9.17, 15) is 4.79 Å². The summed E-state index contributed by atoms with van der Waals surface area (Å²) < 4.78 is 8.02. The van der Waals surface area contributed by atoms with E-state index in [1.807, 2.05) is 32.0 Å². The van der Waals surface area contributed by atoms with Gasteiger partial charge in [-0.3, -0.25) is 9.36 Å². The molecular formula is C21H19BrN6O2. The van der Waals surface area contributed by atoms with E-state index in [1.54, 1.807) is 31.6 Å². The molecule has 0 amide bonds. The van der Waals surface area contributed by atoms with Crippen LogP contribution in [0.1, 0.15) is 13.8 Å². The first-order valence-electron chi connectivity index (χ1n) is 9.30. The quantitative estimate of drug-likeness (QED) is 0.441. The van der Waals surface area contributed by atoms with Crippen LogP contribution in [0, 0.1) is 0 Å². The zero-order chi connectivity index (χ0) is 21.3. The van der Waals surface area contributed by atoms with Crippen LogP contribution in [0.15, 0.2) is 58.3 Å². The Hall–Kier alpha value is -3.33. The highest BCUT2D eigenvalue weighted by molar-refractivity contribution is 9.10. The Balaban J connectivity index is 1.66. The Labute approximate surface area is 181 Å². The zero-order valence-electron chi connectivity index (χ0n) is 16.6. The molecule has 0 saturated heterocycles. The third-order valence-electron chi connectivity index (χ3n) is 4.31. The van der Waals surface area contributed by atoms with Gasteiger partial charge < -0.3 is 10.1 Å². The lowest BCUT2D eigenvalue weighted by molar-refractivity contribution is 0.482. The number of nitrogens with zero attached hydrogens (tertiary/aromatic N) is 5. The fraction of sp³-hybridized carbons (Fsp3) is 0.190. The monoisotopic (exact) mass is 466 g/mol. The fourth-order valence-corrected chi connectivity index (χ4v) is 3.22. The predicted molar refractivity (Wildman–Crippen MR) is 119 cm³/mol. The summed E-state index contributed by atoms with van der Waals surface area (Å²) >= 11 is 3.32. The van der Waals surface area contributed by atoms with E-state index in [0.717, 1.165) is 5.39 Å². The van der Waals surface area contributed by atoms with Gasteiger partial charge in [-0.25, -0.2) is 19.9 Å². The SMILES string of the molecule is CC(C)Nc1ncc(-c2ncc3cc(Oc4ccnc(Br)c4)ccc3n2)c(=O)n1C. The van der Waals surface area contributed by atoms with Gasteiger partial charge in [-0.1, -0.05) is 0 Å². The van der Waals surface area contributed by atoms with Crippen molar-refractivity contribution in [3.63, 3.8) is 0 Å². The predicted octanol–water partition coefficient (Wildman–Crippen LogP) is 4.16. The van der Waals surface area contributed by atoms with Crippen LogP contribution in [0.3, 0.4) is 0 Å². The number of hydrogen-bond donors (Lipinski definition) is 1. The average molecular weight is 467 g/mol. The number of nitrogens with one attached hydrogen (secondary N) is 1. The molecule has 0 aliphatic heterocycles. The smallest absolute Gasteiger partial charge is 0.265 e. The Kier molecular flexibility index (Phi) is 5.45. The molecule has 1 aromatic carbocycles. The second-order valence-electron chi connectivity index (χ2n) is 6.99. The van der Waals surface area contributed by atoms with Crippen LogP contribution in [0.4, 0.5) is 5.95 Å². The van der Waals surface area contributed by atoms with Crippen LogP contribution in [0.5, 0.6) is 11.5 Å². The Morgan fingerprint density at radius 2 is 1.87 bits per heavy atom. The van der Waals surface area contributed by atoms with Gasteiger partial charge in [-0.2, -0.15) is 0 Å². The minimum atomic E-state index is -0.212. The van der Waals surface area contributed by atoms with Crippen LogP contribution >= 0.6 is 15.9 Å². The second kappa shape index (κ2) is 8.19. The molecule has 0 radical (unpaired) electrons. The molecule has 0 aliphatic carbocycles. The highest BCUT2D eigenvalue weighted by atomic mass is 79.9. The van der Waals surface area contributed by atoms with Crippen molar-refractivity contribution < 1.29 is 4.74 Å². The van der Waals surface area contributed by atoms with E-state index in [2.05, 4.69) is 41.2 Å². The minimum absolute atomic E-state index is 0.163. The number of halogens is 1. The molecule has 3 aromatic heterocycles. The van der Waals surface area contributed by atoms with Crippen molar-refractivity contribution in [1.82, 2.24) is 24.5 Å². The molecule has 0 atom stereocenters. The van der Waals surface area contributed by atoms with Crippen molar-refractivity contribution in [2.45, 2.75) is 19.9 Å². The largest absolute Gasteiger partial charge is 0.457 e. The molecule has 4 rings (SSSR count). The first-order chi connectivity index (χ1) is 14.4. The van der Waals surface area contributed by atoms with Crippen molar-refractivity contribution in [2.24, 2.45) is 7.05 Å². The number of aromatic nitrogens is 5. The fourth-order valence-electron chi connectivity index (χ4n) is 2.88. The van der Waals surface area contributed by atoms with Crippen molar-refractivity contribution in [1.29, 1.82) is 0 Å². The van der Waals surface area contributed by atoms with Crippen molar-refractivity contribution >= 4 is 32.8 Å². The molecule has 0 spiro atoms. The molecule has 30 heavy (non-hydrogen) atoms. The maximum Gasteiger partial charge on any atom is 0.265 e. The Morgan fingerprint density at radius 3 is 2.63 bits per heavy atom. The van der Waals surface area contributed by atoms with Gasteiger partial charge in [0.2, 0.25) is 5.95 Å². The van der Waals surface area contributed by atoms with Crippen LogP contribution in [-0.4, -0.2) is 30.5 Å². The van der Waals surface area contributed by atoms with Gasteiger partial charge in [0.15, 0.2) is 5.82 Å². The summed E-state index contributed by atoms with van der Waals surface area (Å²) in [4.78, 5) is 30.1. The maximum absolute atomic E-state index is 12.8. The molecule has 0 bridgehead atoms. The Bertz CT molecular complexity index is 1290. The number of ether oxygens (including phenoxy) is 1. The summed E-state index contributed by atoms with van der Waals surface area (Å²) in [5.41, 5.74) is 0.834. The summed E-state index contributed by atoms with van der Waals surface area (Å²) in [6.45, 7) is 3.97. The van der Waals surface area contributed by atoms with E-state index in [-0.39, 0.29) is 11.6 Å². The summed E-state index contributed by atoms with van der Waals surface area (Å²) in [6.07, 6.45) is 4.84. The van der Waals surface area contributed by atoms with Crippen LogP contribution in [-0.2, 0) is 7.05 Å². The molecule has 9 heteroatoms. The average Bonchev–Trinajstić information content (AvgIpc) is 2.71. The van der Waals surface area contributed by atoms with E-state index < -0.39 is 0 Å². The van der Waals surface area contributed by atoms with Gasteiger partial charge in [-0.05, 0) is 54.0 Å². The number of hydrogen-bond acceptors (Lipinski definition) is 7. The van der Waals surface area contributed by atoms with E-state index >= 15 is 0 Å². The lowest BCUT2D eigenvalue weighted by atomic mass is 10.2. The zero-order valence-corrected chi connectivity index (χ0v) is 18.2. The maximum atomic E-state index is 12.8. The molecule has 0 unspecified atom stereocenters. The van der Waals surface area contributed by atoms with E-state index in [0.29, 0.717) is 39.0 Å². The lowest BCUT2D eigenvalue weighted by Crippen LogP contribution is -2.26. The van der Waals surface area contributed by atoms with Crippen molar-refractivity contribution in [3.8, 4) is 22.9 Å². The molecule has 1 N–H and O–H groups in total. The number of benzene rings is 1. The van der Waals surface area contributed by atoms with Gasteiger partial charge in [0, 0.05) is 43.1 Å². The molecule has 8 nitrogen and oxygen atoms in total. The van der Waals surface area contributed by atoms with Crippen molar-refractivity contribution in [3.05, 3.63) is 63.9 Å². The summed E-state index contributed by atoms with van der Waals surface area (Å²) in [6, 6.07) is 9.22. The van der Waals surface area contributed by atoms with Gasteiger partial charge in [0.05, 0.1) is 5.52 Å². The molecule has 0 aliphatic rings. The summed E-state index contributed by atoms with van der Waals surface area (Å²) in [5, 5.41) is 3.94. The minimum Gasteiger partial charge on any atom is -0.457 e. The first-order valence-corrected chi connectivity index (χ1v) is 10.1. The standard InChI is InChI=1S/C21H19BrN6O2/c1-12(2)26-21-25-11-16(20(29)28(21)3)19-24-10-13-8-14(4-5-17(13)27-19)30-15-6-7-23-18(22)9-15/h4-12H,1-3H3,(H,25,26). The Morgan fingerprint density at radius 1 is 1.07 bits per heavy atom. The molecule has 0 saturated carbocycles. The number of rotatable bonds is 5. The van der Waals surface area contributed by atoms with E-state index in [4.69, 9.17) is 4.74 Å². The number of anilines is 1. The summed E-state index contributed by atoms with van der Waals surface area (Å²) in [5.74, 6) is 2.15. The van der Waals surface area contributed by atoms with Gasteiger partial charge in [-0.15, -0.1) is 0 Å². The van der Waals surface area contributed by atoms with E-state index in [1.165, 1.54) is 10.8 Å². The molecule has 3 heterocycles. The van der Waals surface area contributed by atoms with Crippen molar-refractivity contribution in [2.75, 3.05) is 5.32 Å². The van der Waals surface area contributed by atoms with Crippen LogP contribution < -0.4 is 15.6 Å². The molecular weight excluding hydrogens is 448 g/mol. The molecule has 0 fully saturated rings. The van der Waals surface area contributed by atoms with Gasteiger partial charge in [0.25, 0.3) is 5.56 Å². The van der Waals surface area contributed by atoms with Gasteiger partial charge in [0.1, 0.15) is 21.7 Å². The number of fused-ring (bicyclic) bond motifs is 1. The molecule has 152 valence electrons. The van der Waals surface area contributed by atoms with Crippen LogP contribution in [0.2, 0.25) is 0 Å². The summed E-state index contributed by atoms with van der Waals surface area (Å²) in [7, 11) is 1.67. The second-order valence-corrected chi connectivity index (χ2v) is 7.80. The topological polar surface area (TPSA) is 94.8 Å². The highest BCUT2D eigenvalue weighted by Crippen LogP contribution is 2.26. The first kappa shape index (κ1) is 20.0. The normalized spacial score (nSPS) is 11.1. The third-order valence-corrected chi connectivity index (χ3v) is 4.75. The third kappa shape index (κ3) is 4.16. The number of pyridine rings is 1. The lowest BCUT2D eigenvalue weighted by Gasteiger charge is -2.13.